The van der Waals surface area contributed by atoms with E-state index in [1.165, 1.54) is 17.7 Å². The number of cyclic esters (lactones) is 1. The van der Waals surface area contributed by atoms with Crippen LogP contribution in [0.25, 0.3) is 0 Å². The minimum atomic E-state index is -0.452. The van der Waals surface area contributed by atoms with Gasteiger partial charge in [-0.15, -0.1) is 0 Å². The van der Waals surface area contributed by atoms with Gasteiger partial charge in [-0.05, 0) is 24.7 Å². The molecule has 2 rings (SSSR count). The first-order valence-electron chi connectivity index (χ1n) is 6.58. The largest absolute Gasteiger partial charge is 0.447 e. The van der Waals surface area contributed by atoms with Crippen molar-refractivity contribution in [3.63, 3.8) is 0 Å². The molecular formula is C13H21NO3. The molecule has 0 spiro atoms. The quantitative estimate of drug-likeness (QED) is 0.760. The molecule has 1 saturated carbocycles. The van der Waals surface area contributed by atoms with Crippen molar-refractivity contribution in [1.29, 1.82) is 0 Å². The van der Waals surface area contributed by atoms with Crippen molar-refractivity contribution >= 4 is 12.0 Å². The van der Waals surface area contributed by atoms with E-state index in [-0.39, 0.29) is 17.9 Å². The SMILES string of the molecule is CC(C)[C@@H]1COC(=O)N1C(=O)CC1CCCC1. The lowest BCUT2D eigenvalue weighted by molar-refractivity contribution is -0.130. The Morgan fingerprint density at radius 1 is 1.41 bits per heavy atom. The molecule has 1 aliphatic carbocycles. The van der Waals surface area contributed by atoms with Gasteiger partial charge in [0.15, 0.2) is 0 Å². The number of hydrogen-bond acceptors (Lipinski definition) is 3. The maximum Gasteiger partial charge on any atom is 0.416 e. The summed E-state index contributed by atoms with van der Waals surface area (Å²) in [6, 6.07) is -0.0728. The lowest BCUT2D eigenvalue weighted by Crippen LogP contribution is -2.42. The van der Waals surface area contributed by atoms with Crippen molar-refractivity contribution < 1.29 is 14.3 Å². The highest BCUT2D eigenvalue weighted by Gasteiger charge is 2.40. The zero-order valence-electron chi connectivity index (χ0n) is 10.6. The molecular weight excluding hydrogens is 218 g/mol. The molecule has 0 aromatic heterocycles. The van der Waals surface area contributed by atoms with Crippen molar-refractivity contribution in [3.05, 3.63) is 0 Å². The average Bonchev–Trinajstić information content (AvgIpc) is 2.86. The Morgan fingerprint density at radius 2 is 2.06 bits per heavy atom. The van der Waals surface area contributed by atoms with Crippen LogP contribution in [0.15, 0.2) is 0 Å². The van der Waals surface area contributed by atoms with Gasteiger partial charge in [0.2, 0.25) is 5.91 Å². The van der Waals surface area contributed by atoms with Gasteiger partial charge in [-0.2, -0.15) is 0 Å². The molecule has 0 aromatic rings. The first-order valence-corrected chi connectivity index (χ1v) is 6.58. The summed E-state index contributed by atoms with van der Waals surface area (Å²) in [5.41, 5.74) is 0. The molecule has 2 amide bonds. The van der Waals surface area contributed by atoms with Crippen molar-refractivity contribution in [2.24, 2.45) is 11.8 Å². The highest BCUT2D eigenvalue weighted by molar-refractivity contribution is 5.93. The molecule has 2 fully saturated rings. The highest BCUT2D eigenvalue weighted by Crippen LogP contribution is 2.29. The molecule has 96 valence electrons. The van der Waals surface area contributed by atoms with Gasteiger partial charge in [-0.25, -0.2) is 9.69 Å². The molecule has 0 bridgehead atoms. The van der Waals surface area contributed by atoms with Crippen molar-refractivity contribution in [2.75, 3.05) is 6.61 Å². The smallest absolute Gasteiger partial charge is 0.416 e. The zero-order chi connectivity index (χ0) is 12.4. The first kappa shape index (κ1) is 12.4. The van der Waals surface area contributed by atoms with E-state index in [1.54, 1.807) is 0 Å². The number of hydrogen-bond donors (Lipinski definition) is 0. The summed E-state index contributed by atoms with van der Waals surface area (Å²) in [5.74, 6) is 0.691. The Kier molecular flexibility index (Phi) is 3.69. The highest BCUT2D eigenvalue weighted by atomic mass is 16.6. The Bertz CT molecular complexity index is 308. The summed E-state index contributed by atoms with van der Waals surface area (Å²) in [5, 5.41) is 0. The Hall–Kier alpha value is -1.06. The third-order valence-electron chi connectivity index (χ3n) is 3.88. The van der Waals surface area contributed by atoms with Gasteiger partial charge in [-0.3, -0.25) is 4.79 Å². The van der Waals surface area contributed by atoms with E-state index in [2.05, 4.69) is 0 Å². The van der Waals surface area contributed by atoms with Crippen LogP contribution in [0.1, 0.15) is 46.0 Å². The molecule has 17 heavy (non-hydrogen) atoms. The molecule has 0 radical (unpaired) electrons. The van der Waals surface area contributed by atoms with E-state index >= 15 is 0 Å². The number of ether oxygens (including phenoxy) is 1. The van der Waals surface area contributed by atoms with E-state index in [4.69, 9.17) is 4.74 Å². The van der Waals surface area contributed by atoms with Crippen LogP contribution in [0.5, 0.6) is 0 Å². The maximum atomic E-state index is 12.2. The van der Waals surface area contributed by atoms with Gasteiger partial charge in [-0.1, -0.05) is 26.7 Å². The summed E-state index contributed by atoms with van der Waals surface area (Å²) in [6.45, 7) is 4.39. The van der Waals surface area contributed by atoms with Crippen LogP contribution in [0.2, 0.25) is 0 Å². The normalized spacial score (nSPS) is 25.7. The number of carbonyl (C=O) groups excluding carboxylic acids is 2. The number of rotatable bonds is 3. The summed E-state index contributed by atoms with van der Waals surface area (Å²) < 4.78 is 4.99. The molecule has 4 heteroatoms. The molecule has 0 aromatic carbocycles. The van der Waals surface area contributed by atoms with Gasteiger partial charge in [0, 0.05) is 6.42 Å². The lowest BCUT2D eigenvalue weighted by Gasteiger charge is -2.23. The molecule has 1 heterocycles. The van der Waals surface area contributed by atoms with Crippen LogP contribution in [0, 0.1) is 11.8 Å². The van der Waals surface area contributed by atoms with Crippen LogP contribution in [-0.2, 0) is 9.53 Å². The minimum absolute atomic E-state index is 0.0434. The summed E-state index contributed by atoms with van der Waals surface area (Å²) in [4.78, 5) is 25.1. The molecule has 2 aliphatic rings. The van der Waals surface area contributed by atoms with Gasteiger partial charge in [0.05, 0.1) is 6.04 Å². The van der Waals surface area contributed by atoms with Crippen molar-refractivity contribution in [3.8, 4) is 0 Å². The lowest BCUT2D eigenvalue weighted by atomic mass is 10.0. The minimum Gasteiger partial charge on any atom is -0.447 e. The maximum absolute atomic E-state index is 12.2. The number of imide groups is 1. The molecule has 1 saturated heterocycles. The molecule has 1 aliphatic heterocycles. The van der Waals surface area contributed by atoms with E-state index < -0.39 is 6.09 Å². The van der Waals surface area contributed by atoms with Crippen LogP contribution < -0.4 is 0 Å². The van der Waals surface area contributed by atoms with Crippen LogP contribution in [0.4, 0.5) is 4.79 Å². The van der Waals surface area contributed by atoms with Gasteiger partial charge < -0.3 is 4.74 Å². The summed E-state index contributed by atoms with van der Waals surface area (Å²) in [7, 11) is 0. The standard InChI is InChI=1S/C13H21NO3/c1-9(2)11-8-17-13(16)14(11)12(15)7-10-5-3-4-6-10/h9-11H,3-8H2,1-2H3/t11-/m0/s1. The van der Waals surface area contributed by atoms with Crippen molar-refractivity contribution in [1.82, 2.24) is 4.90 Å². The van der Waals surface area contributed by atoms with Crippen LogP contribution >= 0.6 is 0 Å². The Morgan fingerprint density at radius 3 is 2.65 bits per heavy atom. The van der Waals surface area contributed by atoms with Crippen LogP contribution in [-0.4, -0.2) is 29.5 Å². The number of carbonyl (C=O) groups is 2. The van der Waals surface area contributed by atoms with Crippen LogP contribution in [0.3, 0.4) is 0 Å². The summed E-state index contributed by atoms with van der Waals surface area (Å²) in [6.07, 6.45) is 4.75. The second kappa shape index (κ2) is 5.07. The predicted molar refractivity (Wildman–Crippen MR) is 63.4 cm³/mol. The predicted octanol–water partition coefficient (Wildman–Crippen LogP) is 2.57. The second-order valence-electron chi connectivity index (χ2n) is 5.51. The second-order valence-corrected chi connectivity index (χ2v) is 5.51. The van der Waals surface area contributed by atoms with Gasteiger partial charge >= 0.3 is 6.09 Å². The Labute approximate surface area is 102 Å². The molecule has 4 nitrogen and oxygen atoms in total. The topological polar surface area (TPSA) is 46.6 Å². The van der Waals surface area contributed by atoms with Gasteiger partial charge in [0.1, 0.15) is 6.61 Å². The van der Waals surface area contributed by atoms with Gasteiger partial charge in [0.25, 0.3) is 0 Å². The fourth-order valence-corrected chi connectivity index (χ4v) is 2.77. The fraction of sp³-hybridized carbons (Fsp3) is 0.846. The van der Waals surface area contributed by atoms with E-state index in [0.717, 1.165) is 12.8 Å². The average molecular weight is 239 g/mol. The molecule has 0 unspecified atom stereocenters. The Balaban J connectivity index is 1.98. The monoisotopic (exact) mass is 239 g/mol. The zero-order valence-corrected chi connectivity index (χ0v) is 10.6. The van der Waals surface area contributed by atoms with E-state index in [0.29, 0.717) is 18.9 Å². The third kappa shape index (κ3) is 2.61. The first-order chi connectivity index (χ1) is 8.09. The van der Waals surface area contributed by atoms with Crippen molar-refractivity contribution in [2.45, 2.75) is 52.0 Å². The third-order valence-corrected chi connectivity index (χ3v) is 3.88. The molecule has 1 atom stereocenters. The number of amides is 2. The van der Waals surface area contributed by atoms with E-state index in [1.807, 2.05) is 13.8 Å². The fourth-order valence-electron chi connectivity index (χ4n) is 2.77. The molecule has 0 N–H and O–H groups in total. The summed E-state index contributed by atoms with van der Waals surface area (Å²) >= 11 is 0. The van der Waals surface area contributed by atoms with E-state index in [9.17, 15) is 9.59 Å². The number of nitrogens with zero attached hydrogens (tertiary/aromatic N) is 1.